The van der Waals surface area contributed by atoms with E-state index in [1.165, 1.54) is 24.0 Å². The van der Waals surface area contributed by atoms with Crippen LogP contribution >= 0.6 is 35.0 Å². The van der Waals surface area contributed by atoms with Crippen LogP contribution in [0.4, 0.5) is 8.78 Å². The molecule has 0 aliphatic heterocycles. The summed E-state index contributed by atoms with van der Waals surface area (Å²) in [4.78, 5) is 5.13. The summed E-state index contributed by atoms with van der Waals surface area (Å²) in [7, 11) is 1.73. The smallest absolute Gasteiger partial charge is 0.128 e. The molecule has 1 aromatic heterocycles. The highest BCUT2D eigenvalue weighted by Crippen LogP contribution is 2.41. The van der Waals surface area contributed by atoms with Gasteiger partial charge in [0, 0.05) is 22.5 Å². The normalized spacial score (nSPS) is 12.4. The van der Waals surface area contributed by atoms with E-state index in [0.29, 0.717) is 16.0 Å². The molecule has 2 nitrogen and oxygen atoms in total. The highest BCUT2D eigenvalue weighted by atomic mass is 35.5. The molecule has 0 spiro atoms. The molecule has 1 unspecified atom stereocenters. The summed E-state index contributed by atoms with van der Waals surface area (Å²) < 4.78 is 29.7. The molecule has 0 N–H and O–H groups in total. The zero-order valence-electron chi connectivity index (χ0n) is 12.5. The van der Waals surface area contributed by atoms with Crippen LogP contribution in [-0.4, -0.2) is 9.55 Å². The van der Waals surface area contributed by atoms with Crippen LogP contribution in [0, 0.1) is 11.6 Å². The van der Waals surface area contributed by atoms with Crippen LogP contribution in [0.15, 0.2) is 53.6 Å². The van der Waals surface area contributed by atoms with Gasteiger partial charge in [0.05, 0.1) is 11.4 Å². The number of hydrogen-bond donors (Lipinski definition) is 0. The maximum absolute atomic E-state index is 14.3. The number of aromatic nitrogens is 2. The number of rotatable bonds is 4. The first kappa shape index (κ1) is 17.3. The quantitative estimate of drug-likeness (QED) is 0.522. The Morgan fingerprint density at radius 2 is 1.79 bits per heavy atom. The third-order valence-electron chi connectivity index (χ3n) is 3.51. The summed E-state index contributed by atoms with van der Waals surface area (Å²) in [5.74, 6) is -0.472. The molecular weight excluding hydrogens is 373 g/mol. The second-order valence-corrected chi connectivity index (χ2v) is 7.12. The third kappa shape index (κ3) is 3.58. The zero-order valence-corrected chi connectivity index (χ0v) is 14.8. The van der Waals surface area contributed by atoms with Crippen LogP contribution in [0.3, 0.4) is 0 Å². The van der Waals surface area contributed by atoms with Crippen molar-refractivity contribution in [3.63, 3.8) is 0 Å². The minimum Gasteiger partial charge on any atom is -0.321 e. The fourth-order valence-electron chi connectivity index (χ4n) is 2.27. The summed E-state index contributed by atoms with van der Waals surface area (Å²) in [5.41, 5.74) is 0.209. The first-order valence-corrected chi connectivity index (χ1v) is 8.63. The first-order chi connectivity index (χ1) is 11.5. The minimum absolute atomic E-state index is 0.209. The van der Waals surface area contributed by atoms with Crippen molar-refractivity contribution >= 4 is 35.0 Å². The molecule has 0 saturated carbocycles. The minimum atomic E-state index is -0.556. The molecule has 7 heteroatoms. The van der Waals surface area contributed by atoms with Gasteiger partial charge in [0.1, 0.15) is 22.6 Å². The Labute approximate surface area is 152 Å². The topological polar surface area (TPSA) is 17.8 Å². The van der Waals surface area contributed by atoms with Gasteiger partial charge in [-0.25, -0.2) is 13.8 Å². The molecule has 0 radical (unpaired) electrons. The van der Waals surface area contributed by atoms with Gasteiger partial charge in [0.2, 0.25) is 0 Å². The van der Waals surface area contributed by atoms with Crippen molar-refractivity contribution in [1.82, 2.24) is 9.55 Å². The second-order valence-electron chi connectivity index (χ2n) is 5.12. The van der Waals surface area contributed by atoms with E-state index in [-0.39, 0.29) is 5.56 Å². The van der Waals surface area contributed by atoms with E-state index in [2.05, 4.69) is 4.98 Å². The highest BCUT2D eigenvalue weighted by molar-refractivity contribution is 7.99. The Bertz CT molecular complexity index is 866. The summed E-state index contributed by atoms with van der Waals surface area (Å²) >= 11 is 13.3. The van der Waals surface area contributed by atoms with Crippen molar-refractivity contribution in [2.75, 3.05) is 0 Å². The van der Waals surface area contributed by atoms with Crippen molar-refractivity contribution < 1.29 is 8.78 Å². The molecule has 1 heterocycles. The molecule has 24 heavy (non-hydrogen) atoms. The molecule has 0 aliphatic carbocycles. The Morgan fingerprint density at radius 1 is 1.08 bits per heavy atom. The van der Waals surface area contributed by atoms with Gasteiger partial charge in [0.15, 0.2) is 0 Å². The van der Waals surface area contributed by atoms with E-state index in [0.717, 1.165) is 17.0 Å². The Hall–Kier alpha value is -1.56. The molecule has 124 valence electrons. The lowest BCUT2D eigenvalue weighted by Gasteiger charge is -2.18. The van der Waals surface area contributed by atoms with Crippen LogP contribution in [0.2, 0.25) is 10.2 Å². The van der Waals surface area contributed by atoms with Crippen LogP contribution in [0.5, 0.6) is 0 Å². The second kappa shape index (κ2) is 7.13. The number of hydrogen-bond acceptors (Lipinski definition) is 2. The predicted octanol–water partition coefficient (Wildman–Crippen LogP) is 5.89. The molecule has 3 aromatic rings. The third-order valence-corrected chi connectivity index (χ3v) is 5.36. The summed E-state index contributed by atoms with van der Waals surface area (Å²) in [6, 6.07) is 10.5. The van der Waals surface area contributed by atoms with E-state index in [9.17, 15) is 8.78 Å². The molecule has 0 aliphatic rings. The monoisotopic (exact) mass is 384 g/mol. The fraction of sp³-hybridized carbons (Fsp3) is 0.118. The van der Waals surface area contributed by atoms with Gasteiger partial charge in [0.25, 0.3) is 0 Å². The van der Waals surface area contributed by atoms with Crippen LogP contribution in [-0.2, 0) is 7.05 Å². The number of benzene rings is 2. The molecule has 2 aromatic carbocycles. The van der Waals surface area contributed by atoms with E-state index in [1.807, 2.05) is 12.1 Å². The summed E-state index contributed by atoms with van der Waals surface area (Å²) in [6.07, 6.45) is 1.49. The summed E-state index contributed by atoms with van der Waals surface area (Å²) in [6.45, 7) is 0. The average molecular weight is 385 g/mol. The Balaban J connectivity index is 2.08. The first-order valence-electron chi connectivity index (χ1n) is 7.00. The van der Waals surface area contributed by atoms with Crippen molar-refractivity contribution in [3.8, 4) is 0 Å². The molecule has 0 fully saturated rings. The van der Waals surface area contributed by atoms with E-state index in [4.69, 9.17) is 23.2 Å². The Kier molecular flexibility index (Phi) is 5.13. The van der Waals surface area contributed by atoms with Crippen molar-refractivity contribution in [1.29, 1.82) is 0 Å². The number of nitrogens with zero attached hydrogens (tertiary/aromatic N) is 2. The summed E-state index contributed by atoms with van der Waals surface area (Å²) in [5, 5.41) is 0.468. The van der Waals surface area contributed by atoms with E-state index >= 15 is 0 Å². The largest absolute Gasteiger partial charge is 0.321 e. The fourth-order valence-corrected chi connectivity index (χ4v) is 3.72. The van der Waals surface area contributed by atoms with Crippen molar-refractivity contribution in [2.24, 2.45) is 7.05 Å². The average Bonchev–Trinajstić information content (AvgIpc) is 2.89. The predicted molar refractivity (Wildman–Crippen MR) is 93.7 cm³/mol. The van der Waals surface area contributed by atoms with Crippen molar-refractivity contribution in [3.05, 3.63) is 81.9 Å². The lowest BCUT2D eigenvalue weighted by molar-refractivity contribution is 0.584. The van der Waals surface area contributed by atoms with Gasteiger partial charge >= 0.3 is 0 Å². The molecule has 0 bridgehead atoms. The maximum atomic E-state index is 14.3. The van der Waals surface area contributed by atoms with Gasteiger partial charge in [-0.2, -0.15) is 0 Å². The van der Waals surface area contributed by atoms with Crippen LogP contribution in [0.25, 0.3) is 0 Å². The lowest BCUT2D eigenvalue weighted by Crippen LogP contribution is -2.07. The molecule has 0 saturated heterocycles. The number of imidazole rings is 1. The van der Waals surface area contributed by atoms with E-state index in [1.54, 1.807) is 23.7 Å². The zero-order chi connectivity index (χ0) is 17.3. The van der Waals surface area contributed by atoms with Gasteiger partial charge < -0.3 is 4.57 Å². The number of halogens is 4. The molecule has 1 atom stereocenters. The molecular formula is C17H12Cl2F2N2S. The highest BCUT2D eigenvalue weighted by Gasteiger charge is 2.25. The van der Waals surface area contributed by atoms with Gasteiger partial charge in [-0.05, 0) is 42.5 Å². The standard InChI is InChI=1S/C17H12Cl2F2N2S/c1-23-15(19)9-22-17(23)16(13-8-11(20)4-7-14(13)21)24-12-5-2-10(18)3-6-12/h2-9,16H,1H3. The van der Waals surface area contributed by atoms with E-state index < -0.39 is 16.9 Å². The Morgan fingerprint density at radius 3 is 2.42 bits per heavy atom. The van der Waals surface area contributed by atoms with Gasteiger partial charge in [-0.15, -0.1) is 11.8 Å². The number of thioether (sulfide) groups is 1. The van der Waals surface area contributed by atoms with Crippen LogP contribution < -0.4 is 0 Å². The molecule has 3 rings (SSSR count). The van der Waals surface area contributed by atoms with Crippen molar-refractivity contribution in [2.45, 2.75) is 10.1 Å². The lowest BCUT2D eigenvalue weighted by atomic mass is 10.1. The van der Waals surface area contributed by atoms with Crippen LogP contribution in [0.1, 0.15) is 16.6 Å². The maximum Gasteiger partial charge on any atom is 0.128 e. The van der Waals surface area contributed by atoms with Gasteiger partial charge in [-0.3, -0.25) is 0 Å². The van der Waals surface area contributed by atoms with Gasteiger partial charge in [-0.1, -0.05) is 23.2 Å². The SMILES string of the molecule is Cn1c(Cl)cnc1C(Sc1ccc(Cl)cc1)c1cc(F)ccc1F. The molecule has 0 amide bonds.